The normalized spacial score (nSPS) is 12.8. The summed E-state index contributed by atoms with van der Waals surface area (Å²) in [6.07, 6.45) is 4.52. The fraction of sp³-hybridized carbons (Fsp3) is 0.0465. The van der Waals surface area contributed by atoms with Crippen molar-refractivity contribution in [3.05, 3.63) is 168 Å². The topological polar surface area (TPSA) is 17.8 Å². The smallest absolute Gasteiger partial charge is 0.145 e. The summed E-state index contributed by atoms with van der Waals surface area (Å²) < 4.78 is 2.28. The number of benzene rings is 7. The predicted octanol–water partition coefficient (Wildman–Crippen LogP) is 11.2. The summed E-state index contributed by atoms with van der Waals surface area (Å²) in [7, 11) is 0. The third-order valence-electron chi connectivity index (χ3n) is 9.29. The molecule has 0 amide bonds. The molecule has 2 nitrogen and oxygen atoms in total. The fourth-order valence-corrected chi connectivity index (χ4v) is 7.27. The summed E-state index contributed by atoms with van der Waals surface area (Å²) >= 11 is 0. The average Bonchev–Trinajstić information content (AvgIpc) is 3.50. The van der Waals surface area contributed by atoms with Crippen LogP contribution >= 0.6 is 0 Å². The lowest BCUT2D eigenvalue weighted by Crippen LogP contribution is -2.01. The highest BCUT2D eigenvalue weighted by atomic mass is 15.1. The lowest BCUT2D eigenvalue weighted by molar-refractivity contribution is 1.00. The minimum atomic E-state index is 0.948. The van der Waals surface area contributed by atoms with Gasteiger partial charge in [-0.3, -0.25) is 4.57 Å². The van der Waals surface area contributed by atoms with Crippen LogP contribution in [0.3, 0.4) is 0 Å². The van der Waals surface area contributed by atoms with Crippen LogP contribution in [0.4, 0.5) is 0 Å². The molecule has 8 aromatic rings. The molecule has 0 aliphatic heterocycles. The first-order valence-corrected chi connectivity index (χ1v) is 15.7. The molecule has 1 aromatic heterocycles. The zero-order chi connectivity index (χ0) is 29.7. The number of aromatic nitrogens is 2. The number of rotatable bonds is 4. The SMILES string of the molecule is C1=C(c2c3ccccc3c(-c3ccc4c(c3)nc(-c3ccccc3)n4-c3ccccc3)c3ccccc23)CCc2ccccc21. The molecule has 0 bridgehead atoms. The van der Waals surface area contributed by atoms with Crippen LogP contribution < -0.4 is 0 Å². The molecule has 0 atom stereocenters. The van der Waals surface area contributed by atoms with Crippen LogP contribution in [0.25, 0.3) is 72.4 Å². The van der Waals surface area contributed by atoms with Crippen LogP contribution in [-0.2, 0) is 6.42 Å². The van der Waals surface area contributed by atoms with Gasteiger partial charge in [0.15, 0.2) is 0 Å². The van der Waals surface area contributed by atoms with Crippen molar-refractivity contribution in [1.29, 1.82) is 0 Å². The van der Waals surface area contributed by atoms with Gasteiger partial charge in [0.2, 0.25) is 0 Å². The van der Waals surface area contributed by atoms with Gasteiger partial charge in [-0.25, -0.2) is 4.98 Å². The molecule has 0 saturated heterocycles. The third kappa shape index (κ3) is 4.22. The number of imidazole rings is 1. The summed E-state index contributed by atoms with van der Waals surface area (Å²) in [4.78, 5) is 5.27. The van der Waals surface area contributed by atoms with Gasteiger partial charge in [-0.15, -0.1) is 0 Å². The Bertz CT molecular complexity index is 2360. The summed E-state index contributed by atoms with van der Waals surface area (Å²) in [5.74, 6) is 0.948. The molecule has 0 radical (unpaired) electrons. The van der Waals surface area contributed by atoms with Crippen molar-refractivity contribution in [3.8, 4) is 28.2 Å². The Labute approximate surface area is 262 Å². The van der Waals surface area contributed by atoms with Crippen LogP contribution in [0.1, 0.15) is 23.1 Å². The Morgan fingerprint density at radius 3 is 1.80 bits per heavy atom. The van der Waals surface area contributed by atoms with E-state index in [0.717, 1.165) is 41.0 Å². The molecule has 0 saturated carbocycles. The molecule has 0 N–H and O–H groups in total. The van der Waals surface area contributed by atoms with Gasteiger partial charge in [0, 0.05) is 11.3 Å². The molecule has 1 aliphatic rings. The van der Waals surface area contributed by atoms with Crippen molar-refractivity contribution in [3.63, 3.8) is 0 Å². The minimum absolute atomic E-state index is 0.948. The second-order valence-electron chi connectivity index (χ2n) is 11.9. The Balaban J connectivity index is 1.30. The standard InChI is InChI=1S/C43H30N2/c1-3-14-30(15-4-1)43-44-39-28-33(25-26-40(39)45(43)34-17-5-2-6-18-34)42-37-21-11-9-19-35(37)41(36-20-10-12-22-38(36)42)32-24-23-29-13-7-8-16-31(29)27-32/h1-22,25-28H,23-24H2. The largest absolute Gasteiger partial charge is 0.292 e. The maximum atomic E-state index is 5.27. The van der Waals surface area contributed by atoms with Crippen molar-refractivity contribution in [1.82, 2.24) is 9.55 Å². The van der Waals surface area contributed by atoms with E-state index in [1.54, 1.807) is 0 Å². The van der Waals surface area contributed by atoms with Gasteiger partial charge >= 0.3 is 0 Å². The zero-order valence-corrected chi connectivity index (χ0v) is 24.8. The third-order valence-corrected chi connectivity index (χ3v) is 9.29. The monoisotopic (exact) mass is 574 g/mol. The van der Waals surface area contributed by atoms with Gasteiger partial charge in [-0.2, -0.15) is 0 Å². The maximum absolute atomic E-state index is 5.27. The van der Waals surface area contributed by atoms with E-state index in [2.05, 4.69) is 162 Å². The number of para-hydroxylation sites is 1. The van der Waals surface area contributed by atoms with E-state index in [9.17, 15) is 0 Å². The summed E-state index contributed by atoms with van der Waals surface area (Å²) in [6, 6.07) is 54.5. The van der Waals surface area contributed by atoms with Crippen molar-refractivity contribution in [2.24, 2.45) is 0 Å². The highest BCUT2D eigenvalue weighted by Gasteiger charge is 2.21. The van der Waals surface area contributed by atoms with Gasteiger partial charge in [-0.05, 0) is 92.0 Å². The zero-order valence-electron chi connectivity index (χ0n) is 24.8. The number of hydrogen-bond acceptors (Lipinski definition) is 1. The van der Waals surface area contributed by atoms with E-state index < -0.39 is 0 Å². The van der Waals surface area contributed by atoms with E-state index in [4.69, 9.17) is 4.98 Å². The molecule has 45 heavy (non-hydrogen) atoms. The van der Waals surface area contributed by atoms with Gasteiger partial charge in [0.05, 0.1) is 11.0 Å². The van der Waals surface area contributed by atoms with Gasteiger partial charge in [0.25, 0.3) is 0 Å². The number of fused-ring (bicyclic) bond motifs is 4. The van der Waals surface area contributed by atoms with E-state index in [-0.39, 0.29) is 0 Å². The predicted molar refractivity (Wildman–Crippen MR) is 190 cm³/mol. The van der Waals surface area contributed by atoms with Gasteiger partial charge in [0.1, 0.15) is 5.82 Å². The first-order valence-electron chi connectivity index (χ1n) is 15.7. The van der Waals surface area contributed by atoms with Crippen LogP contribution in [0.15, 0.2) is 152 Å². The molecule has 2 heteroatoms. The lowest BCUT2D eigenvalue weighted by atomic mass is 9.82. The first kappa shape index (κ1) is 25.7. The summed E-state index contributed by atoms with van der Waals surface area (Å²) in [5.41, 5.74) is 12.3. The fourth-order valence-electron chi connectivity index (χ4n) is 7.27. The highest BCUT2D eigenvalue weighted by molar-refractivity contribution is 6.20. The lowest BCUT2D eigenvalue weighted by Gasteiger charge is -2.22. The number of allylic oxidation sites excluding steroid dienone is 1. The van der Waals surface area contributed by atoms with E-state index in [0.29, 0.717) is 0 Å². The Hall–Kier alpha value is -5.73. The van der Waals surface area contributed by atoms with E-state index in [1.807, 2.05) is 0 Å². The number of hydrogen-bond donors (Lipinski definition) is 0. The van der Waals surface area contributed by atoms with E-state index >= 15 is 0 Å². The van der Waals surface area contributed by atoms with Gasteiger partial charge < -0.3 is 0 Å². The molecule has 7 aromatic carbocycles. The first-order chi connectivity index (χ1) is 22.3. The second-order valence-corrected chi connectivity index (χ2v) is 11.9. The maximum Gasteiger partial charge on any atom is 0.145 e. The summed E-state index contributed by atoms with van der Waals surface area (Å²) in [5, 5.41) is 5.15. The van der Waals surface area contributed by atoms with Crippen LogP contribution in [0.2, 0.25) is 0 Å². The molecular weight excluding hydrogens is 544 g/mol. The van der Waals surface area contributed by atoms with Crippen molar-refractivity contribution >= 4 is 44.2 Å². The highest BCUT2D eigenvalue weighted by Crippen LogP contribution is 2.45. The molecule has 212 valence electrons. The van der Waals surface area contributed by atoms with Gasteiger partial charge in [-0.1, -0.05) is 133 Å². The second kappa shape index (κ2) is 10.5. The number of nitrogens with zero attached hydrogens (tertiary/aromatic N) is 2. The minimum Gasteiger partial charge on any atom is -0.292 e. The van der Waals surface area contributed by atoms with Crippen molar-refractivity contribution in [2.75, 3.05) is 0 Å². The summed E-state index contributed by atoms with van der Waals surface area (Å²) in [6.45, 7) is 0. The van der Waals surface area contributed by atoms with Crippen molar-refractivity contribution in [2.45, 2.75) is 12.8 Å². The molecule has 9 rings (SSSR count). The number of aryl methyl sites for hydroxylation is 1. The quantitative estimate of drug-likeness (QED) is 0.191. The molecular formula is C43H30N2. The van der Waals surface area contributed by atoms with Crippen LogP contribution in [0.5, 0.6) is 0 Å². The molecule has 0 unspecified atom stereocenters. The molecule has 1 aliphatic carbocycles. The van der Waals surface area contributed by atoms with Crippen LogP contribution in [-0.4, -0.2) is 9.55 Å². The Morgan fingerprint density at radius 1 is 0.489 bits per heavy atom. The molecule has 1 heterocycles. The molecule has 0 spiro atoms. The average molecular weight is 575 g/mol. The van der Waals surface area contributed by atoms with Crippen molar-refractivity contribution < 1.29 is 0 Å². The van der Waals surface area contributed by atoms with E-state index in [1.165, 1.54) is 54.9 Å². The Kier molecular flexibility index (Phi) is 5.99. The Morgan fingerprint density at radius 2 is 1.09 bits per heavy atom. The molecule has 0 fully saturated rings. The van der Waals surface area contributed by atoms with Crippen LogP contribution in [0, 0.1) is 0 Å².